The second-order valence-electron chi connectivity index (χ2n) is 6.22. The van der Waals surface area contributed by atoms with Crippen LogP contribution in [-0.4, -0.2) is 54.4 Å². The molecule has 0 unspecified atom stereocenters. The number of thiophene rings is 1. The Morgan fingerprint density at radius 1 is 1.26 bits per heavy atom. The number of thioether (sulfide) groups is 1. The normalized spacial score (nSPS) is 16.4. The first-order valence-electron chi connectivity index (χ1n) is 8.90. The van der Waals surface area contributed by atoms with Crippen molar-refractivity contribution in [3.05, 3.63) is 46.7 Å². The number of hydrogen-bond donors (Lipinski definition) is 1. The van der Waals surface area contributed by atoms with E-state index in [-0.39, 0.29) is 11.9 Å². The van der Waals surface area contributed by atoms with E-state index in [9.17, 15) is 4.79 Å². The standard InChI is InChI=1S/C19H21N3O2S3/c23-18(13-26-19-21-14-4-1-2-5-16(14)27-19)20-12-15(17-6-3-11-25-17)22-7-9-24-10-8-22/h1-6,11,15H,7-10,12-13H2,(H,20,23)/t15-/m0/s1. The van der Waals surface area contributed by atoms with Crippen molar-refractivity contribution in [2.75, 3.05) is 38.6 Å². The molecule has 142 valence electrons. The van der Waals surface area contributed by atoms with Gasteiger partial charge in [-0.3, -0.25) is 9.69 Å². The van der Waals surface area contributed by atoms with Crippen molar-refractivity contribution in [1.82, 2.24) is 15.2 Å². The molecule has 1 aliphatic heterocycles. The summed E-state index contributed by atoms with van der Waals surface area (Å²) in [7, 11) is 0. The zero-order valence-corrected chi connectivity index (χ0v) is 17.2. The van der Waals surface area contributed by atoms with Crippen molar-refractivity contribution in [2.24, 2.45) is 0 Å². The van der Waals surface area contributed by atoms with Gasteiger partial charge in [-0.05, 0) is 23.6 Å². The molecule has 0 spiro atoms. The number of carbonyl (C=O) groups excluding carboxylic acids is 1. The predicted octanol–water partition coefficient (Wildman–Crippen LogP) is 3.64. The molecule has 8 heteroatoms. The lowest BCUT2D eigenvalue weighted by molar-refractivity contribution is -0.118. The van der Waals surface area contributed by atoms with E-state index in [1.807, 2.05) is 18.2 Å². The number of nitrogens with zero attached hydrogens (tertiary/aromatic N) is 2. The van der Waals surface area contributed by atoms with Crippen LogP contribution >= 0.6 is 34.4 Å². The Hall–Kier alpha value is -1.45. The average molecular weight is 420 g/mol. The molecule has 1 amide bonds. The summed E-state index contributed by atoms with van der Waals surface area (Å²) in [5.74, 6) is 0.439. The number of hydrogen-bond acceptors (Lipinski definition) is 7. The average Bonchev–Trinajstić information content (AvgIpc) is 3.37. The Labute approximate surface area is 170 Å². The van der Waals surface area contributed by atoms with Crippen LogP contribution in [0.3, 0.4) is 0 Å². The number of nitrogens with one attached hydrogen (secondary N) is 1. The third-order valence-corrected chi connectivity index (χ3v) is 7.60. The minimum atomic E-state index is 0.0501. The zero-order valence-electron chi connectivity index (χ0n) is 14.8. The first kappa shape index (κ1) is 18.9. The summed E-state index contributed by atoms with van der Waals surface area (Å²) in [5, 5.41) is 5.20. The van der Waals surface area contributed by atoms with Gasteiger partial charge in [0.15, 0.2) is 4.34 Å². The Bertz CT molecular complexity index is 842. The molecule has 1 aromatic carbocycles. The van der Waals surface area contributed by atoms with Crippen molar-refractivity contribution in [1.29, 1.82) is 0 Å². The van der Waals surface area contributed by atoms with E-state index in [2.05, 4.69) is 38.8 Å². The van der Waals surface area contributed by atoms with E-state index in [0.717, 1.165) is 40.9 Å². The number of para-hydroxylation sites is 1. The fourth-order valence-electron chi connectivity index (χ4n) is 3.08. The molecule has 1 N–H and O–H groups in total. The molecule has 0 radical (unpaired) electrons. The van der Waals surface area contributed by atoms with E-state index in [0.29, 0.717) is 12.3 Å². The second-order valence-corrected chi connectivity index (χ2v) is 9.45. The van der Waals surface area contributed by atoms with Gasteiger partial charge in [-0.25, -0.2) is 4.98 Å². The number of benzene rings is 1. The van der Waals surface area contributed by atoms with Crippen LogP contribution in [0.4, 0.5) is 0 Å². The van der Waals surface area contributed by atoms with Gasteiger partial charge in [0.1, 0.15) is 0 Å². The van der Waals surface area contributed by atoms with E-state index in [1.165, 1.54) is 16.6 Å². The maximum Gasteiger partial charge on any atom is 0.230 e. The highest BCUT2D eigenvalue weighted by atomic mass is 32.2. The molecule has 0 bridgehead atoms. The lowest BCUT2D eigenvalue weighted by Crippen LogP contribution is -2.43. The highest BCUT2D eigenvalue weighted by molar-refractivity contribution is 8.01. The summed E-state index contributed by atoms with van der Waals surface area (Å²) in [5.41, 5.74) is 0.996. The van der Waals surface area contributed by atoms with E-state index < -0.39 is 0 Å². The molecule has 2 aromatic heterocycles. The molecular weight excluding hydrogens is 398 g/mol. The smallest absolute Gasteiger partial charge is 0.230 e. The molecule has 27 heavy (non-hydrogen) atoms. The number of carbonyl (C=O) groups is 1. The Morgan fingerprint density at radius 3 is 2.89 bits per heavy atom. The van der Waals surface area contributed by atoms with Crippen LogP contribution in [0.2, 0.25) is 0 Å². The van der Waals surface area contributed by atoms with Gasteiger partial charge in [0, 0.05) is 24.5 Å². The number of rotatable bonds is 7. The number of ether oxygens (including phenoxy) is 1. The van der Waals surface area contributed by atoms with Crippen LogP contribution in [0, 0.1) is 0 Å². The molecule has 1 atom stereocenters. The summed E-state index contributed by atoms with van der Waals surface area (Å²) < 4.78 is 7.57. The molecule has 4 rings (SSSR count). The maximum absolute atomic E-state index is 12.4. The molecule has 3 aromatic rings. The molecule has 1 aliphatic rings. The highest BCUT2D eigenvalue weighted by Gasteiger charge is 2.24. The molecule has 1 saturated heterocycles. The van der Waals surface area contributed by atoms with Crippen molar-refractivity contribution in [2.45, 2.75) is 10.4 Å². The number of fused-ring (bicyclic) bond motifs is 1. The summed E-state index contributed by atoms with van der Waals surface area (Å²) in [4.78, 5) is 20.7. The van der Waals surface area contributed by atoms with Gasteiger partial charge in [-0.15, -0.1) is 22.7 Å². The van der Waals surface area contributed by atoms with E-state index >= 15 is 0 Å². The minimum absolute atomic E-state index is 0.0501. The molecule has 5 nitrogen and oxygen atoms in total. The van der Waals surface area contributed by atoms with Crippen LogP contribution < -0.4 is 5.32 Å². The molecule has 3 heterocycles. The van der Waals surface area contributed by atoms with Gasteiger partial charge in [0.05, 0.1) is 35.2 Å². The summed E-state index contributed by atoms with van der Waals surface area (Å²) >= 11 is 4.88. The molecular formula is C19H21N3O2S3. The molecule has 0 saturated carbocycles. The Morgan fingerprint density at radius 2 is 2.11 bits per heavy atom. The quantitative estimate of drug-likeness (QED) is 0.593. The summed E-state index contributed by atoms with van der Waals surface area (Å²) in [6.07, 6.45) is 0. The van der Waals surface area contributed by atoms with Gasteiger partial charge < -0.3 is 10.1 Å². The first-order valence-corrected chi connectivity index (χ1v) is 11.6. The second kappa shape index (κ2) is 9.16. The van der Waals surface area contributed by atoms with Crippen molar-refractivity contribution in [3.8, 4) is 0 Å². The monoisotopic (exact) mass is 419 g/mol. The van der Waals surface area contributed by atoms with Crippen molar-refractivity contribution < 1.29 is 9.53 Å². The summed E-state index contributed by atoms with van der Waals surface area (Å²) in [6.45, 7) is 3.93. The van der Waals surface area contributed by atoms with Crippen molar-refractivity contribution >= 4 is 50.6 Å². The van der Waals surface area contributed by atoms with Gasteiger partial charge >= 0.3 is 0 Å². The zero-order chi connectivity index (χ0) is 18.5. The lowest BCUT2D eigenvalue weighted by atomic mass is 10.2. The van der Waals surface area contributed by atoms with Crippen LogP contribution in [-0.2, 0) is 9.53 Å². The van der Waals surface area contributed by atoms with E-state index in [1.54, 1.807) is 22.7 Å². The van der Waals surface area contributed by atoms with Gasteiger partial charge in [-0.2, -0.15) is 0 Å². The van der Waals surface area contributed by atoms with Gasteiger partial charge in [0.25, 0.3) is 0 Å². The van der Waals surface area contributed by atoms with Gasteiger partial charge in [0.2, 0.25) is 5.91 Å². The SMILES string of the molecule is O=C(CSc1nc2ccccc2s1)NC[C@@H](c1cccs1)N1CCOCC1. The number of morpholine rings is 1. The van der Waals surface area contributed by atoms with Gasteiger partial charge in [-0.1, -0.05) is 30.0 Å². The fraction of sp³-hybridized carbons (Fsp3) is 0.368. The highest BCUT2D eigenvalue weighted by Crippen LogP contribution is 2.29. The minimum Gasteiger partial charge on any atom is -0.379 e. The third-order valence-electron chi connectivity index (χ3n) is 4.45. The number of amides is 1. The topological polar surface area (TPSA) is 54.5 Å². The number of thiazole rings is 1. The maximum atomic E-state index is 12.4. The molecule has 0 aliphatic carbocycles. The van der Waals surface area contributed by atoms with Crippen molar-refractivity contribution in [3.63, 3.8) is 0 Å². The fourth-order valence-corrected chi connectivity index (χ4v) is 5.84. The number of aromatic nitrogens is 1. The Balaban J connectivity index is 1.32. The molecule has 1 fully saturated rings. The summed E-state index contributed by atoms with van der Waals surface area (Å²) in [6, 6.07) is 12.5. The van der Waals surface area contributed by atoms with Crippen LogP contribution in [0.5, 0.6) is 0 Å². The predicted molar refractivity (Wildman–Crippen MR) is 113 cm³/mol. The van der Waals surface area contributed by atoms with Crippen LogP contribution in [0.25, 0.3) is 10.2 Å². The third kappa shape index (κ3) is 4.89. The van der Waals surface area contributed by atoms with Crippen LogP contribution in [0.15, 0.2) is 46.1 Å². The lowest BCUT2D eigenvalue weighted by Gasteiger charge is -2.34. The Kier molecular flexibility index (Phi) is 6.41. The van der Waals surface area contributed by atoms with Crippen LogP contribution in [0.1, 0.15) is 10.9 Å². The largest absolute Gasteiger partial charge is 0.379 e. The van der Waals surface area contributed by atoms with E-state index in [4.69, 9.17) is 4.74 Å². The first-order chi connectivity index (χ1) is 13.3.